The molecule has 2 heterocycles. The SMILES string of the molecule is CN=C(NCc1cccn1C)N1CCC(C(=O)OC)CC1. The zero-order chi connectivity index (χ0) is 15.2. The summed E-state index contributed by atoms with van der Waals surface area (Å²) in [5.41, 5.74) is 1.21. The first-order valence-electron chi connectivity index (χ1n) is 7.29. The second-order valence-electron chi connectivity index (χ2n) is 5.30. The normalized spacial score (nSPS) is 16.9. The molecular formula is C15H24N4O2. The van der Waals surface area contributed by atoms with Crippen LogP contribution in [0.25, 0.3) is 0 Å². The number of aryl methyl sites for hydroxylation is 1. The van der Waals surface area contributed by atoms with E-state index in [1.54, 1.807) is 7.05 Å². The molecule has 0 atom stereocenters. The van der Waals surface area contributed by atoms with Gasteiger partial charge in [0, 0.05) is 39.1 Å². The summed E-state index contributed by atoms with van der Waals surface area (Å²) in [5, 5.41) is 3.38. The van der Waals surface area contributed by atoms with Gasteiger partial charge >= 0.3 is 5.97 Å². The van der Waals surface area contributed by atoms with E-state index in [2.05, 4.69) is 25.8 Å². The number of methoxy groups -OCH3 is 1. The summed E-state index contributed by atoms with van der Waals surface area (Å²) < 4.78 is 6.90. The standard InChI is InChI=1S/C15H24N4O2/c1-16-15(17-11-13-5-4-8-18(13)2)19-9-6-12(7-10-19)14(20)21-3/h4-5,8,12H,6-7,9-11H2,1-3H3,(H,16,17). The van der Waals surface area contributed by atoms with Gasteiger partial charge < -0.3 is 19.5 Å². The first-order chi connectivity index (χ1) is 10.2. The van der Waals surface area contributed by atoms with Crippen molar-refractivity contribution in [3.8, 4) is 0 Å². The lowest BCUT2D eigenvalue weighted by Gasteiger charge is -2.33. The molecule has 0 aliphatic carbocycles. The average Bonchev–Trinajstić information content (AvgIpc) is 2.93. The van der Waals surface area contributed by atoms with Gasteiger partial charge in [-0.05, 0) is 25.0 Å². The summed E-state index contributed by atoms with van der Waals surface area (Å²) in [6.07, 6.45) is 3.66. The third-order valence-electron chi connectivity index (χ3n) is 4.02. The maximum Gasteiger partial charge on any atom is 0.308 e. The van der Waals surface area contributed by atoms with Crippen molar-refractivity contribution in [1.29, 1.82) is 0 Å². The van der Waals surface area contributed by atoms with Gasteiger partial charge in [-0.2, -0.15) is 0 Å². The quantitative estimate of drug-likeness (QED) is 0.513. The number of aromatic nitrogens is 1. The Kier molecular flexibility index (Phi) is 5.25. The molecule has 1 fully saturated rings. The summed E-state index contributed by atoms with van der Waals surface area (Å²) in [4.78, 5) is 18.1. The van der Waals surface area contributed by atoms with Crippen LogP contribution in [0.15, 0.2) is 23.3 Å². The fourth-order valence-electron chi connectivity index (χ4n) is 2.68. The minimum absolute atomic E-state index is 0.0252. The second-order valence-corrected chi connectivity index (χ2v) is 5.30. The lowest BCUT2D eigenvalue weighted by atomic mass is 9.97. The first kappa shape index (κ1) is 15.4. The number of likely N-dealkylation sites (tertiary alicyclic amines) is 1. The largest absolute Gasteiger partial charge is 0.469 e. The predicted molar refractivity (Wildman–Crippen MR) is 81.9 cm³/mol. The van der Waals surface area contributed by atoms with Crippen LogP contribution in [0.3, 0.4) is 0 Å². The van der Waals surface area contributed by atoms with Crippen LogP contribution in [-0.2, 0) is 23.1 Å². The second kappa shape index (κ2) is 7.15. The third-order valence-corrected chi connectivity index (χ3v) is 4.02. The topological polar surface area (TPSA) is 58.9 Å². The highest BCUT2D eigenvalue weighted by atomic mass is 16.5. The van der Waals surface area contributed by atoms with E-state index in [1.807, 2.05) is 19.3 Å². The predicted octanol–water partition coefficient (Wildman–Crippen LogP) is 0.985. The van der Waals surface area contributed by atoms with Crippen LogP contribution >= 0.6 is 0 Å². The fraction of sp³-hybridized carbons (Fsp3) is 0.600. The molecule has 6 heteroatoms. The summed E-state index contributed by atoms with van der Waals surface area (Å²) in [7, 11) is 5.27. The molecule has 116 valence electrons. The number of esters is 1. The number of aliphatic imine (C=N–C) groups is 1. The number of ether oxygens (including phenoxy) is 1. The van der Waals surface area contributed by atoms with Crippen LogP contribution in [0.5, 0.6) is 0 Å². The monoisotopic (exact) mass is 292 g/mol. The number of carbonyl (C=O) groups excluding carboxylic acids is 1. The molecule has 1 aliphatic rings. The molecule has 0 aromatic carbocycles. The smallest absolute Gasteiger partial charge is 0.308 e. The van der Waals surface area contributed by atoms with E-state index in [9.17, 15) is 4.79 Å². The molecule has 0 bridgehead atoms. The number of nitrogens with zero attached hydrogens (tertiary/aromatic N) is 3. The molecule has 0 radical (unpaired) electrons. The van der Waals surface area contributed by atoms with Crippen molar-refractivity contribution in [3.63, 3.8) is 0 Å². The van der Waals surface area contributed by atoms with Crippen LogP contribution in [0, 0.1) is 5.92 Å². The van der Waals surface area contributed by atoms with Crippen molar-refractivity contribution in [3.05, 3.63) is 24.0 Å². The van der Waals surface area contributed by atoms with E-state index in [0.29, 0.717) is 0 Å². The Morgan fingerprint density at radius 1 is 1.48 bits per heavy atom. The van der Waals surface area contributed by atoms with Gasteiger partial charge in [0.1, 0.15) is 0 Å². The highest BCUT2D eigenvalue weighted by Gasteiger charge is 2.26. The van der Waals surface area contributed by atoms with Gasteiger partial charge in [0.2, 0.25) is 0 Å². The fourth-order valence-corrected chi connectivity index (χ4v) is 2.68. The zero-order valence-electron chi connectivity index (χ0n) is 13.0. The number of hydrogen-bond acceptors (Lipinski definition) is 3. The Balaban J connectivity index is 1.86. The molecule has 1 aliphatic heterocycles. The van der Waals surface area contributed by atoms with E-state index in [0.717, 1.165) is 38.4 Å². The number of piperidine rings is 1. The van der Waals surface area contributed by atoms with Gasteiger partial charge in [-0.25, -0.2) is 0 Å². The number of carbonyl (C=O) groups is 1. The van der Waals surface area contributed by atoms with Crippen LogP contribution in [0.4, 0.5) is 0 Å². The van der Waals surface area contributed by atoms with Gasteiger partial charge in [-0.3, -0.25) is 9.79 Å². The first-order valence-corrected chi connectivity index (χ1v) is 7.29. The molecular weight excluding hydrogens is 268 g/mol. The van der Waals surface area contributed by atoms with E-state index < -0.39 is 0 Å². The van der Waals surface area contributed by atoms with Gasteiger partial charge in [0.05, 0.1) is 19.6 Å². The maximum absolute atomic E-state index is 11.5. The van der Waals surface area contributed by atoms with E-state index in [1.165, 1.54) is 12.8 Å². The van der Waals surface area contributed by atoms with Crippen molar-refractivity contribution in [2.24, 2.45) is 18.0 Å². The van der Waals surface area contributed by atoms with Gasteiger partial charge in [-0.1, -0.05) is 0 Å². The lowest BCUT2D eigenvalue weighted by Crippen LogP contribution is -2.46. The lowest BCUT2D eigenvalue weighted by molar-refractivity contribution is -0.146. The molecule has 1 saturated heterocycles. The molecule has 1 aromatic heterocycles. The molecule has 2 rings (SSSR count). The molecule has 0 saturated carbocycles. The van der Waals surface area contributed by atoms with Crippen molar-refractivity contribution < 1.29 is 9.53 Å². The van der Waals surface area contributed by atoms with E-state index >= 15 is 0 Å². The van der Waals surface area contributed by atoms with Crippen molar-refractivity contribution in [2.75, 3.05) is 27.2 Å². The van der Waals surface area contributed by atoms with Crippen molar-refractivity contribution in [2.45, 2.75) is 19.4 Å². The molecule has 6 nitrogen and oxygen atoms in total. The van der Waals surface area contributed by atoms with E-state index in [4.69, 9.17) is 4.74 Å². The number of hydrogen-bond donors (Lipinski definition) is 1. The Labute approximate surface area is 125 Å². The summed E-state index contributed by atoms with van der Waals surface area (Å²) in [6, 6.07) is 4.12. The summed E-state index contributed by atoms with van der Waals surface area (Å²) >= 11 is 0. The zero-order valence-corrected chi connectivity index (χ0v) is 13.0. The minimum atomic E-state index is -0.0959. The molecule has 1 N–H and O–H groups in total. The van der Waals surface area contributed by atoms with Crippen LogP contribution < -0.4 is 5.32 Å². The van der Waals surface area contributed by atoms with Crippen LogP contribution in [-0.4, -0.2) is 48.6 Å². The highest BCUT2D eigenvalue weighted by Crippen LogP contribution is 2.18. The average molecular weight is 292 g/mol. The van der Waals surface area contributed by atoms with Crippen molar-refractivity contribution in [1.82, 2.24) is 14.8 Å². The Morgan fingerprint density at radius 2 is 2.19 bits per heavy atom. The van der Waals surface area contributed by atoms with Gasteiger partial charge in [0.15, 0.2) is 5.96 Å². The maximum atomic E-state index is 11.5. The third kappa shape index (κ3) is 3.77. The molecule has 0 spiro atoms. The molecule has 21 heavy (non-hydrogen) atoms. The number of nitrogens with one attached hydrogen (secondary N) is 1. The van der Waals surface area contributed by atoms with E-state index in [-0.39, 0.29) is 11.9 Å². The number of guanidine groups is 1. The Bertz CT molecular complexity index is 502. The Hall–Kier alpha value is -1.98. The molecule has 0 amide bonds. The summed E-state index contributed by atoms with van der Waals surface area (Å²) in [5.74, 6) is 0.818. The van der Waals surface area contributed by atoms with Crippen LogP contribution in [0.2, 0.25) is 0 Å². The molecule has 1 aromatic rings. The Morgan fingerprint density at radius 3 is 2.71 bits per heavy atom. The number of rotatable bonds is 3. The highest BCUT2D eigenvalue weighted by molar-refractivity contribution is 5.80. The van der Waals surface area contributed by atoms with Gasteiger partial charge in [0.25, 0.3) is 0 Å². The van der Waals surface area contributed by atoms with Gasteiger partial charge in [-0.15, -0.1) is 0 Å². The summed E-state index contributed by atoms with van der Waals surface area (Å²) in [6.45, 7) is 2.40. The van der Waals surface area contributed by atoms with Crippen molar-refractivity contribution >= 4 is 11.9 Å². The van der Waals surface area contributed by atoms with Crippen LogP contribution in [0.1, 0.15) is 18.5 Å². The molecule has 0 unspecified atom stereocenters. The minimum Gasteiger partial charge on any atom is -0.469 e.